The second-order valence-corrected chi connectivity index (χ2v) is 5.53. The Kier molecular flexibility index (Phi) is 4.22. The summed E-state index contributed by atoms with van der Waals surface area (Å²) >= 11 is 0. The minimum Gasteiger partial charge on any atom is -0.353 e. The van der Waals surface area contributed by atoms with Gasteiger partial charge < -0.3 is 10.6 Å². The minimum absolute atomic E-state index is 0.254. The van der Waals surface area contributed by atoms with E-state index in [0.717, 1.165) is 18.9 Å². The molecule has 1 saturated carbocycles. The zero-order valence-electron chi connectivity index (χ0n) is 10.3. The summed E-state index contributed by atoms with van der Waals surface area (Å²) in [4.78, 5) is 11.7. The molecule has 16 heavy (non-hydrogen) atoms. The molecule has 1 saturated heterocycles. The fourth-order valence-corrected chi connectivity index (χ4v) is 2.80. The molecule has 1 atom stereocenters. The summed E-state index contributed by atoms with van der Waals surface area (Å²) in [7, 11) is 0. The van der Waals surface area contributed by atoms with Crippen molar-refractivity contribution in [1.82, 2.24) is 10.6 Å². The van der Waals surface area contributed by atoms with Gasteiger partial charge in [-0.3, -0.25) is 4.79 Å². The van der Waals surface area contributed by atoms with Crippen LogP contribution in [0.1, 0.15) is 51.9 Å². The van der Waals surface area contributed by atoms with E-state index in [1.807, 2.05) is 0 Å². The minimum atomic E-state index is 0.254. The second-order valence-electron chi connectivity index (χ2n) is 5.53. The lowest BCUT2D eigenvalue weighted by atomic mass is 9.82. The van der Waals surface area contributed by atoms with Crippen LogP contribution in [0.15, 0.2) is 0 Å². The summed E-state index contributed by atoms with van der Waals surface area (Å²) in [6.07, 6.45) is 7.91. The Morgan fingerprint density at radius 2 is 2.19 bits per heavy atom. The summed E-state index contributed by atoms with van der Waals surface area (Å²) in [5.74, 6) is 1.06. The number of carbonyl (C=O) groups is 1. The van der Waals surface area contributed by atoms with E-state index in [2.05, 4.69) is 17.6 Å². The molecule has 2 N–H and O–H groups in total. The summed E-state index contributed by atoms with van der Waals surface area (Å²) in [6, 6.07) is 1.06. The topological polar surface area (TPSA) is 41.1 Å². The Labute approximate surface area is 98.4 Å². The van der Waals surface area contributed by atoms with Gasteiger partial charge in [0.1, 0.15) is 0 Å². The Morgan fingerprint density at radius 1 is 1.38 bits per heavy atom. The molecule has 3 heteroatoms. The molecular weight excluding hydrogens is 200 g/mol. The Bertz CT molecular complexity index is 230. The number of hydrogen-bond acceptors (Lipinski definition) is 2. The molecule has 0 radical (unpaired) electrons. The van der Waals surface area contributed by atoms with Gasteiger partial charge in [-0.1, -0.05) is 13.3 Å². The van der Waals surface area contributed by atoms with Crippen LogP contribution in [0.2, 0.25) is 0 Å². The molecule has 3 nitrogen and oxygen atoms in total. The molecule has 0 aromatic rings. The van der Waals surface area contributed by atoms with E-state index in [0.29, 0.717) is 18.5 Å². The molecule has 1 aliphatic carbocycles. The summed E-state index contributed by atoms with van der Waals surface area (Å²) in [5, 5.41) is 6.60. The molecule has 1 unspecified atom stereocenters. The highest BCUT2D eigenvalue weighted by Crippen LogP contribution is 2.26. The number of amides is 1. The second kappa shape index (κ2) is 5.67. The first-order chi connectivity index (χ1) is 7.74. The zero-order valence-corrected chi connectivity index (χ0v) is 10.3. The van der Waals surface area contributed by atoms with Gasteiger partial charge in [0, 0.05) is 18.5 Å². The van der Waals surface area contributed by atoms with Crippen molar-refractivity contribution in [1.29, 1.82) is 0 Å². The normalized spacial score (nSPS) is 34.2. The molecule has 92 valence electrons. The number of nitrogens with one attached hydrogen (secondary N) is 2. The molecule has 0 aromatic carbocycles. The third kappa shape index (κ3) is 3.48. The highest BCUT2D eigenvalue weighted by atomic mass is 16.1. The van der Waals surface area contributed by atoms with Crippen molar-refractivity contribution in [3.05, 3.63) is 0 Å². The molecule has 2 aliphatic rings. The number of carbonyl (C=O) groups excluding carboxylic acids is 1. The van der Waals surface area contributed by atoms with E-state index in [4.69, 9.17) is 0 Å². The first-order valence-corrected chi connectivity index (χ1v) is 6.77. The van der Waals surface area contributed by atoms with Crippen LogP contribution in [0.4, 0.5) is 0 Å². The van der Waals surface area contributed by atoms with Gasteiger partial charge in [-0.05, 0) is 44.6 Å². The lowest BCUT2D eigenvalue weighted by Gasteiger charge is -2.33. The third-order valence-corrected chi connectivity index (χ3v) is 3.87. The van der Waals surface area contributed by atoms with Crippen molar-refractivity contribution in [2.45, 2.75) is 64.0 Å². The maximum atomic E-state index is 11.7. The monoisotopic (exact) mass is 224 g/mol. The van der Waals surface area contributed by atoms with Crippen LogP contribution in [0.25, 0.3) is 0 Å². The first-order valence-electron chi connectivity index (χ1n) is 6.77. The van der Waals surface area contributed by atoms with Crippen LogP contribution in [0.3, 0.4) is 0 Å². The molecule has 1 heterocycles. The van der Waals surface area contributed by atoms with Gasteiger partial charge in [-0.15, -0.1) is 0 Å². The lowest BCUT2D eigenvalue weighted by Crippen LogP contribution is -2.44. The predicted molar refractivity (Wildman–Crippen MR) is 65.2 cm³/mol. The Morgan fingerprint density at radius 3 is 2.81 bits per heavy atom. The van der Waals surface area contributed by atoms with E-state index in [9.17, 15) is 4.79 Å². The number of piperidine rings is 1. The van der Waals surface area contributed by atoms with Crippen molar-refractivity contribution in [3.63, 3.8) is 0 Å². The van der Waals surface area contributed by atoms with E-state index < -0.39 is 0 Å². The van der Waals surface area contributed by atoms with Crippen LogP contribution >= 0.6 is 0 Å². The lowest BCUT2D eigenvalue weighted by molar-refractivity contribution is -0.122. The van der Waals surface area contributed by atoms with Crippen LogP contribution in [-0.2, 0) is 4.79 Å². The van der Waals surface area contributed by atoms with Crippen molar-refractivity contribution in [2.75, 3.05) is 6.54 Å². The molecule has 0 bridgehead atoms. The van der Waals surface area contributed by atoms with Gasteiger partial charge in [0.25, 0.3) is 0 Å². The number of rotatable bonds is 4. The van der Waals surface area contributed by atoms with Crippen molar-refractivity contribution >= 4 is 5.91 Å². The quantitative estimate of drug-likeness (QED) is 0.765. The van der Waals surface area contributed by atoms with Gasteiger partial charge in [0.2, 0.25) is 5.91 Å². The van der Waals surface area contributed by atoms with Gasteiger partial charge >= 0.3 is 0 Å². The molecule has 2 rings (SSSR count). The Balaban J connectivity index is 1.56. The Hall–Kier alpha value is -0.570. The fourth-order valence-electron chi connectivity index (χ4n) is 2.80. The van der Waals surface area contributed by atoms with Gasteiger partial charge in [-0.25, -0.2) is 0 Å². The van der Waals surface area contributed by atoms with Gasteiger partial charge in [0.15, 0.2) is 0 Å². The van der Waals surface area contributed by atoms with Crippen LogP contribution in [-0.4, -0.2) is 24.5 Å². The SMILES string of the molecule is CC1CC(NC(=O)CCC2CCCCN2)C1. The standard InChI is InChI=1S/C13H24N2O/c1-10-8-12(9-10)15-13(16)6-5-11-4-2-3-7-14-11/h10-12,14H,2-9H2,1H3,(H,15,16). The average Bonchev–Trinajstić information content (AvgIpc) is 2.26. The highest BCUT2D eigenvalue weighted by molar-refractivity contribution is 5.76. The third-order valence-electron chi connectivity index (χ3n) is 3.87. The molecular formula is C13H24N2O. The van der Waals surface area contributed by atoms with Crippen LogP contribution in [0.5, 0.6) is 0 Å². The van der Waals surface area contributed by atoms with Crippen molar-refractivity contribution in [2.24, 2.45) is 5.92 Å². The van der Waals surface area contributed by atoms with Crippen LogP contribution < -0.4 is 10.6 Å². The summed E-state index contributed by atoms with van der Waals surface area (Å²) in [5.41, 5.74) is 0. The molecule has 2 fully saturated rings. The van der Waals surface area contributed by atoms with Gasteiger partial charge in [-0.2, -0.15) is 0 Å². The van der Waals surface area contributed by atoms with E-state index >= 15 is 0 Å². The largest absolute Gasteiger partial charge is 0.353 e. The number of hydrogen-bond donors (Lipinski definition) is 2. The zero-order chi connectivity index (χ0) is 11.4. The summed E-state index contributed by atoms with van der Waals surface area (Å²) in [6.45, 7) is 3.38. The first kappa shape index (κ1) is 11.9. The van der Waals surface area contributed by atoms with E-state index in [1.54, 1.807) is 0 Å². The van der Waals surface area contributed by atoms with Crippen molar-refractivity contribution < 1.29 is 4.79 Å². The molecule has 1 aliphatic heterocycles. The summed E-state index contributed by atoms with van der Waals surface area (Å²) < 4.78 is 0. The maximum absolute atomic E-state index is 11.7. The molecule has 0 spiro atoms. The van der Waals surface area contributed by atoms with E-state index in [1.165, 1.54) is 32.1 Å². The molecule has 0 aromatic heterocycles. The average molecular weight is 224 g/mol. The maximum Gasteiger partial charge on any atom is 0.220 e. The van der Waals surface area contributed by atoms with Gasteiger partial charge in [0.05, 0.1) is 0 Å². The smallest absolute Gasteiger partial charge is 0.220 e. The van der Waals surface area contributed by atoms with Crippen LogP contribution in [0, 0.1) is 5.92 Å². The highest BCUT2D eigenvalue weighted by Gasteiger charge is 2.26. The predicted octanol–water partition coefficient (Wildman–Crippen LogP) is 1.82. The van der Waals surface area contributed by atoms with Crippen molar-refractivity contribution in [3.8, 4) is 0 Å². The van der Waals surface area contributed by atoms with E-state index in [-0.39, 0.29) is 5.91 Å². The molecule has 1 amide bonds. The fraction of sp³-hybridized carbons (Fsp3) is 0.923.